The molecule has 29 heavy (non-hydrogen) atoms. The Morgan fingerprint density at radius 3 is 2.69 bits per heavy atom. The first-order valence-corrected chi connectivity index (χ1v) is 10.4. The number of hydrogen-bond donors (Lipinski definition) is 1. The molecule has 0 saturated heterocycles. The van der Waals surface area contributed by atoms with E-state index in [1.54, 1.807) is 29.6 Å². The Hall–Kier alpha value is -2.62. The van der Waals surface area contributed by atoms with Gasteiger partial charge in [-0.25, -0.2) is 18.7 Å². The molecule has 0 aliphatic rings. The molecule has 0 fully saturated rings. The zero-order valence-corrected chi connectivity index (χ0v) is 17.0. The van der Waals surface area contributed by atoms with E-state index in [0.29, 0.717) is 26.7 Å². The molecular formula is C19H12ClF2N3O2S2. The summed E-state index contributed by atoms with van der Waals surface area (Å²) in [4.78, 5) is 20.7. The van der Waals surface area contributed by atoms with Crippen LogP contribution in [0.25, 0.3) is 10.2 Å². The van der Waals surface area contributed by atoms with Crippen LogP contribution in [0.2, 0.25) is 5.02 Å². The molecule has 1 N–H and O–H groups in total. The Labute approximate surface area is 177 Å². The molecule has 0 bridgehead atoms. The Kier molecular flexibility index (Phi) is 5.70. The molecule has 4 rings (SSSR count). The second-order valence-electron chi connectivity index (χ2n) is 5.95. The van der Waals surface area contributed by atoms with E-state index in [2.05, 4.69) is 15.3 Å². The topological polar surface area (TPSA) is 64.1 Å². The number of thiazole rings is 2. The number of ether oxygens (including phenoxy) is 1. The lowest BCUT2D eigenvalue weighted by Gasteiger charge is -2.03. The first-order valence-electron chi connectivity index (χ1n) is 8.33. The van der Waals surface area contributed by atoms with Gasteiger partial charge in [0.1, 0.15) is 17.4 Å². The minimum Gasteiger partial charge on any atom is -0.486 e. The van der Waals surface area contributed by atoms with Gasteiger partial charge in [0.25, 0.3) is 0 Å². The lowest BCUT2D eigenvalue weighted by atomic mass is 10.3. The maximum atomic E-state index is 13.3. The number of aromatic nitrogens is 2. The molecular weight excluding hydrogens is 440 g/mol. The normalized spacial score (nSPS) is 11.0. The van der Waals surface area contributed by atoms with Gasteiger partial charge < -0.3 is 10.1 Å². The minimum atomic E-state index is -0.975. The Bertz CT molecular complexity index is 1140. The standard InChI is InChI=1S/C19H12ClF2N3O2S2/c20-10-1-3-12(4-2-10)27-8-18-23-11(9-28-18)5-17(26)25-19-24-15-6-13(21)14(22)7-16(15)29-19/h1-4,6-7,9H,5,8H2,(H,24,25,26). The third-order valence-corrected chi connectivity index (χ3v) is 5.85. The van der Waals surface area contributed by atoms with Crippen molar-refractivity contribution in [2.45, 2.75) is 13.0 Å². The monoisotopic (exact) mass is 451 g/mol. The van der Waals surface area contributed by atoms with Gasteiger partial charge in [-0.05, 0) is 30.3 Å². The van der Waals surface area contributed by atoms with Crippen LogP contribution in [0.15, 0.2) is 41.8 Å². The van der Waals surface area contributed by atoms with Crippen molar-refractivity contribution in [2.24, 2.45) is 0 Å². The van der Waals surface area contributed by atoms with Crippen molar-refractivity contribution in [3.05, 3.63) is 69.1 Å². The quantitative estimate of drug-likeness (QED) is 0.423. The fourth-order valence-corrected chi connectivity index (χ4v) is 4.20. The van der Waals surface area contributed by atoms with Crippen molar-refractivity contribution in [1.29, 1.82) is 0 Å². The van der Waals surface area contributed by atoms with Crippen LogP contribution < -0.4 is 10.1 Å². The fraction of sp³-hybridized carbons (Fsp3) is 0.105. The molecule has 0 radical (unpaired) electrons. The summed E-state index contributed by atoms with van der Waals surface area (Å²) in [6.07, 6.45) is 0.0517. The number of amides is 1. The highest BCUT2D eigenvalue weighted by Crippen LogP contribution is 2.28. The summed E-state index contributed by atoms with van der Waals surface area (Å²) in [5.41, 5.74) is 0.889. The van der Waals surface area contributed by atoms with Crippen LogP contribution in [-0.4, -0.2) is 15.9 Å². The highest BCUT2D eigenvalue weighted by Gasteiger charge is 2.13. The highest BCUT2D eigenvalue weighted by atomic mass is 35.5. The van der Waals surface area contributed by atoms with E-state index in [-0.39, 0.29) is 24.1 Å². The van der Waals surface area contributed by atoms with Gasteiger partial charge in [0.15, 0.2) is 16.8 Å². The Morgan fingerprint density at radius 1 is 1.14 bits per heavy atom. The second kappa shape index (κ2) is 8.40. The van der Waals surface area contributed by atoms with Crippen molar-refractivity contribution < 1.29 is 18.3 Å². The number of rotatable bonds is 6. The molecule has 10 heteroatoms. The third-order valence-electron chi connectivity index (χ3n) is 3.79. The lowest BCUT2D eigenvalue weighted by Crippen LogP contribution is -2.14. The van der Waals surface area contributed by atoms with Gasteiger partial charge in [-0.15, -0.1) is 11.3 Å². The summed E-state index contributed by atoms with van der Waals surface area (Å²) in [7, 11) is 0. The lowest BCUT2D eigenvalue weighted by molar-refractivity contribution is -0.115. The summed E-state index contributed by atoms with van der Waals surface area (Å²) in [5.74, 6) is -1.57. The predicted molar refractivity (Wildman–Crippen MR) is 110 cm³/mol. The molecule has 5 nitrogen and oxygen atoms in total. The van der Waals surface area contributed by atoms with E-state index >= 15 is 0 Å². The van der Waals surface area contributed by atoms with E-state index in [1.165, 1.54) is 11.3 Å². The van der Waals surface area contributed by atoms with E-state index in [1.807, 2.05) is 0 Å². The number of halogens is 3. The third kappa shape index (κ3) is 4.87. The smallest absolute Gasteiger partial charge is 0.232 e. The molecule has 2 aromatic heterocycles. The van der Waals surface area contributed by atoms with Crippen molar-refractivity contribution in [1.82, 2.24) is 9.97 Å². The summed E-state index contributed by atoms with van der Waals surface area (Å²) < 4.78 is 32.7. The molecule has 2 heterocycles. The number of nitrogens with zero attached hydrogens (tertiary/aromatic N) is 2. The Balaban J connectivity index is 1.34. The number of benzene rings is 2. The first kappa shape index (κ1) is 19.7. The van der Waals surface area contributed by atoms with Crippen LogP contribution >= 0.6 is 34.3 Å². The van der Waals surface area contributed by atoms with Crippen LogP contribution in [0.1, 0.15) is 10.7 Å². The zero-order chi connectivity index (χ0) is 20.4. The summed E-state index contributed by atoms with van der Waals surface area (Å²) in [6.45, 7) is 0.281. The molecule has 2 aromatic carbocycles. The molecule has 0 saturated carbocycles. The maximum absolute atomic E-state index is 13.3. The minimum absolute atomic E-state index is 0.0517. The fourth-order valence-electron chi connectivity index (χ4n) is 2.48. The molecule has 148 valence electrons. The van der Waals surface area contributed by atoms with Gasteiger partial charge in [-0.2, -0.15) is 0 Å². The molecule has 0 aliphatic heterocycles. The molecule has 0 spiro atoms. The zero-order valence-electron chi connectivity index (χ0n) is 14.6. The number of nitrogens with one attached hydrogen (secondary N) is 1. The van der Waals surface area contributed by atoms with Crippen LogP contribution in [0, 0.1) is 11.6 Å². The van der Waals surface area contributed by atoms with Crippen molar-refractivity contribution >= 4 is 55.5 Å². The van der Waals surface area contributed by atoms with Crippen LogP contribution in [0.4, 0.5) is 13.9 Å². The van der Waals surface area contributed by atoms with Crippen LogP contribution in [-0.2, 0) is 17.8 Å². The van der Waals surface area contributed by atoms with Crippen LogP contribution in [0.5, 0.6) is 5.75 Å². The summed E-state index contributed by atoms with van der Waals surface area (Å²) in [5, 5.41) is 6.05. The molecule has 4 aromatic rings. The number of carbonyl (C=O) groups excluding carboxylic acids is 1. The van der Waals surface area contributed by atoms with E-state index < -0.39 is 11.6 Å². The van der Waals surface area contributed by atoms with Gasteiger partial charge in [0.2, 0.25) is 5.91 Å². The van der Waals surface area contributed by atoms with Gasteiger partial charge in [0, 0.05) is 16.5 Å². The summed E-state index contributed by atoms with van der Waals surface area (Å²) >= 11 is 8.30. The number of carbonyl (C=O) groups is 1. The number of anilines is 1. The van der Waals surface area contributed by atoms with Crippen molar-refractivity contribution in [2.75, 3.05) is 5.32 Å². The average Bonchev–Trinajstić information content (AvgIpc) is 3.27. The first-order chi connectivity index (χ1) is 14.0. The predicted octanol–water partition coefficient (Wildman–Crippen LogP) is 5.44. The van der Waals surface area contributed by atoms with Crippen molar-refractivity contribution in [3.8, 4) is 5.75 Å². The molecule has 1 amide bonds. The largest absolute Gasteiger partial charge is 0.486 e. The molecule has 0 unspecified atom stereocenters. The van der Waals surface area contributed by atoms with E-state index in [0.717, 1.165) is 28.5 Å². The SMILES string of the molecule is O=C(Cc1csc(COc2ccc(Cl)cc2)n1)Nc1nc2cc(F)c(F)cc2s1. The van der Waals surface area contributed by atoms with Crippen molar-refractivity contribution in [3.63, 3.8) is 0 Å². The number of fused-ring (bicyclic) bond motifs is 1. The van der Waals surface area contributed by atoms with Gasteiger partial charge in [-0.3, -0.25) is 4.79 Å². The Morgan fingerprint density at radius 2 is 1.90 bits per heavy atom. The number of hydrogen-bond acceptors (Lipinski definition) is 6. The van der Waals surface area contributed by atoms with Gasteiger partial charge in [-0.1, -0.05) is 22.9 Å². The van der Waals surface area contributed by atoms with Gasteiger partial charge >= 0.3 is 0 Å². The molecule has 0 aliphatic carbocycles. The second-order valence-corrected chi connectivity index (χ2v) is 8.36. The molecule has 0 atom stereocenters. The van der Waals surface area contributed by atoms with E-state index in [4.69, 9.17) is 16.3 Å². The van der Waals surface area contributed by atoms with E-state index in [9.17, 15) is 13.6 Å². The average molecular weight is 452 g/mol. The maximum Gasteiger partial charge on any atom is 0.232 e. The van der Waals surface area contributed by atoms with Gasteiger partial charge in [0.05, 0.1) is 22.3 Å². The van der Waals surface area contributed by atoms with Crippen LogP contribution in [0.3, 0.4) is 0 Å². The highest BCUT2D eigenvalue weighted by molar-refractivity contribution is 7.22. The summed E-state index contributed by atoms with van der Waals surface area (Å²) in [6, 6.07) is 9.06.